The Hall–Kier alpha value is -3.42. The molecule has 0 aliphatic rings. The predicted octanol–water partition coefficient (Wildman–Crippen LogP) is 6.89. The van der Waals surface area contributed by atoms with Crippen LogP contribution in [0.5, 0.6) is 0 Å². The van der Waals surface area contributed by atoms with Crippen LogP contribution in [-0.2, 0) is 11.2 Å². The lowest BCUT2D eigenvalue weighted by Gasteiger charge is -2.20. The van der Waals surface area contributed by atoms with Gasteiger partial charge in [-0.15, -0.1) is 0 Å². The van der Waals surface area contributed by atoms with Gasteiger partial charge in [0.15, 0.2) is 0 Å². The van der Waals surface area contributed by atoms with E-state index in [4.69, 9.17) is 27.9 Å². The number of amides is 1. The maximum absolute atomic E-state index is 12.0. The summed E-state index contributed by atoms with van der Waals surface area (Å²) in [5, 5.41) is 12.4. The topological polar surface area (TPSA) is 91.1 Å². The van der Waals surface area contributed by atoms with E-state index >= 15 is 0 Å². The fourth-order valence-electron chi connectivity index (χ4n) is 3.75. The molecule has 0 spiro atoms. The molecule has 0 fully saturated rings. The van der Waals surface area contributed by atoms with Crippen molar-refractivity contribution >= 4 is 62.5 Å². The second-order valence-electron chi connectivity index (χ2n) is 9.15. The molecule has 0 aliphatic heterocycles. The smallest absolute Gasteiger partial charge is 0.413 e. The van der Waals surface area contributed by atoms with Crippen molar-refractivity contribution in [1.29, 1.82) is 0 Å². The highest BCUT2D eigenvalue weighted by atomic mass is 35.5. The molecule has 1 amide bonds. The Morgan fingerprint density at radius 1 is 1.09 bits per heavy atom. The van der Waals surface area contributed by atoms with Gasteiger partial charge in [-0.05, 0) is 75.2 Å². The van der Waals surface area contributed by atoms with Crippen molar-refractivity contribution in [3.05, 3.63) is 76.8 Å². The highest BCUT2D eigenvalue weighted by molar-refractivity contribution is 6.32. The van der Waals surface area contributed by atoms with Crippen molar-refractivity contribution in [3.63, 3.8) is 0 Å². The monoisotopic (exact) mass is 511 g/mol. The second-order valence-corrected chi connectivity index (χ2v) is 9.97. The van der Waals surface area contributed by atoms with Crippen LogP contribution in [-0.4, -0.2) is 28.2 Å². The van der Waals surface area contributed by atoms with E-state index in [9.17, 15) is 4.79 Å². The summed E-state index contributed by atoms with van der Waals surface area (Å²) in [5.41, 5.74) is 4.25. The molecule has 0 saturated carbocycles. The summed E-state index contributed by atoms with van der Waals surface area (Å²) in [6.07, 6.45) is 1.81. The van der Waals surface area contributed by atoms with Crippen molar-refractivity contribution in [2.45, 2.75) is 32.8 Å². The number of benzene rings is 2. The summed E-state index contributed by atoms with van der Waals surface area (Å²) < 4.78 is 5.27. The van der Waals surface area contributed by atoms with Gasteiger partial charge in [0.25, 0.3) is 0 Å². The van der Waals surface area contributed by atoms with Crippen molar-refractivity contribution in [2.24, 2.45) is 0 Å². The van der Waals surface area contributed by atoms with Crippen LogP contribution in [0.1, 0.15) is 26.3 Å². The number of carbonyl (C=O) groups excluding carboxylic acids is 1. The minimum Gasteiger partial charge on any atom is -0.444 e. The lowest BCUT2D eigenvalue weighted by molar-refractivity contribution is 0.0542. The molecule has 0 bridgehead atoms. The summed E-state index contributed by atoms with van der Waals surface area (Å²) in [7, 11) is 0. The first-order valence-electron chi connectivity index (χ1n) is 11.1. The molecule has 9 heteroatoms. The van der Waals surface area contributed by atoms with Gasteiger partial charge in [-0.25, -0.2) is 9.78 Å². The van der Waals surface area contributed by atoms with Gasteiger partial charge in [0, 0.05) is 39.1 Å². The quantitative estimate of drug-likeness (QED) is 0.202. The highest BCUT2D eigenvalue weighted by Gasteiger charge is 2.16. The number of hydrogen-bond acceptors (Lipinski definition) is 5. The SMILES string of the molecule is C=C(NCCc1cc(Nc2ccc(Cl)nc2)cc2c1[nH]c1ccc(Cl)cc12)NC(=O)OC(C)(C)C. The number of H-pyrrole nitrogens is 1. The van der Waals surface area contributed by atoms with Gasteiger partial charge in [-0.2, -0.15) is 0 Å². The van der Waals surface area contributed by atoms with Gasteiger partial charge in [0.2, 0.25) is 0 Å². The Labute approximate surface area is 213 Å². The molecule has 182 valence electrons. The van der Waals surface area contributed by atoms with Gasteiger partial charge >= 0.3 is 6.09 Å². The van der Waals surface area contributed by atoms with Crippen molar-refractivity contribution < 1.29 is 9.53 Å². The van der Waals surface area contributed by atoms with Gasteiger partial charge in [0.05, 0.1) is 11.9 Å². The number of pyridine rings is 1. The van der Waals surface area contributed by atoms with Crippen LogP contribution in [0, 0.1) is 0 Å². The molecule has 4 rings (SSSR count). The van der Waals surface area contributed by atoms with Crippen LogP contribution < -0.4 is 16.0 Å². The number of hydrogen-bond donors (Lipinski definition) is 4. The van der Waals surface area contributed by atoms with Crippen molar-refractivity contribution in [1.82, 2.24) is 20.6 Å². The molecule has 0 atom stereocenters. The average Bonchev–Trinajstić information content (AvgIpc) is 3.12. The number of alkyl carbamates (subject to hydrolysis) is 1. The Morgan fingerprint density at radius 2 is 1.89 bits per heavy atom. The third-order valence-corrected chi connectivity index (χ3v) is 5.61. The van der Waals surface area contributed by atoms with Crippen LogP contribution in [0.4, 0.5) is 16.2 Å². The third kappa shape index (κ3) is 6.38. The maximum atomic E-state index is 12.0. The summed E-state index contributed by atoms with van der Waals surface area (Å²) >= 11 is 12.2. The summed E-state index contributed by atoms with van der Waals surface area (Å²) in [5.74, 6) is 0.375. The third-order valence-electron chi connectivity index (χ3n) is 5.15. The second kappa shape index (κ2) is 10.1. The molecule has 35 heavy (non-hydrogen) atoms. The van der Waals surface area contributed by atoms with E-state index in [2.05, 4.69) is 44.6 Å². The Kier molecular flexibility index (Phi) is 7.10. The molecule has 4 aromatic rings. The van der Waals surface area contributed by atoms with Crippen molar-refractivity contribution in [3.8, 4) is 0 Å². The maximum Gasteiger partial charge on any atom is 0.413 e. The normalized spacial score (nSPS) is 11.5. The zero-order valence-corrected chi connectivity index (χ0v) is 21.3. The van der Waals surface area contributed by atoms with Crippen LogP contribution >= 0.6 is 23.2 Å². The number of halogens is 2. The van der Waals surface area contributed by atoms with Gasteiger partial charge in [-0.3, -0.25) is 5.32 Å². The summed E-state index contributed by atoms with van der Waals surface area (Å²) in [4.78, 5) is 19.6. The number of nitrogens with one attached hydrogen (secondary N) is 4. The van der Waals surface area contributed by atoms with E-state index < -0.39 is 11.7 Å². The van der Waals surface area contributed by atoms with Crippen LogP contribution in [0.15, 0.2) is 61.1 Å². The summed E-state index contributed by atoms with van der Waals surface area (Å²) in [6.45, 7) is 9.84. The number of rotatable bonds is 7. The zero-order valence-electron chi connectivity index (χ0n) is 19.8. The molecule has 0 unspecified atom stereocenters. The minimum atomic E-state index is -0.582. The molecule has 0 aliphatic carbocycles. The molecule has 2 aromatic heterocycles. The van der Waals surface area contributed by atoms with Crippen LogP contribution in [0.25, 0.3) is 21.8 Å². The number of ether oxygens (including phenoxy) is 1. The molecular formula is C26H27Cl2N5O2. The molecule has 0 radical (unpaired) electrons. The first-order valence-corrected chi connectivity index (χ1v) is 11.9. The zero-order chi connectivity index (χ0) is 25.2. The molecule has 4 N–H and O–H groups in total. The fourth-order valence-corrected chi connectivity index (χ4v) is 4.03. The van der Waals surface area contributed by atoms with E-state index in [1.165, 1.54) is 0 Å². The molecular weight excluding hydrogens is 485 g/mol. The largest absolute Gasteiger partial charge is 0.444 e. The Morgan fingerprint density at radius 3 is 2.60 bits per heavy atom. The lowest BCUT2D eigenvalue weighted by atomic mass is 10.0. The molecule has 7 nitrogen and oxygen atoms in total. The minimum absolute atomic E-state index is 0.375. The summed E-state index contributed by atoms with van der Waals surface area (Å²) in [6, 6.07) is 13.6. The first kappa shape index (κ1) is 24.7. The molecule has 0 saturated heterocycles. The number of fused-ring (bicyclic) bond motifs is 3. The first-order chi connectivity index (χ1) is 16.6. The lowest BCUT2D eigenvalue weighted by Crippen LogP contribution is -2.36. The predicted molar refractivity (Wildman–Crippen MR) is 144 cm³/mol. The molecule has 2 heterocycles. The van der Waals surface area contributed by atoms with E-state index in [-0.39, 0.29) is 0 Å². The van der Waals surface area contributed by atoms with Gasteiger partial charge < -0.3 is 20.4 Å². The van der Waals surface area contributed by atoms with E-state index in [0.717, 1.165) is 38.7 Å². The number of aromatic nitrogens is 2. The van der Waals surface area contributed by atoms with Gasteiger partial charge in [0.1, 0.15) is 16.6 Å². The van der Waals surface area contributed by atoms with E-state index in [1.54, 1.807) is 12.3 Å². The van der Waals surface area contributed by atoms with Crippen LogP contribution in [0.2, 0.25) is 10.2 Å². The highest BCUT2D eigenvalue weighted by Crippen LogP contribution is 2.33. The fraction of sp³-hybridized carbons (Fsp3) is 0.231. The number of nitrogens with zero attached hydrogens (tertiary/aromatic N) is 1. The number of aromatic amines is 1. The Bertz CT molecular complexity index is 1390. The average molecular weight is 512 g/mol. The number of carbonyl (C=O) groups is 1. The van der Waals surface area contributed by atoms with Gasteiger partial charge in [-0.1, -0.05) is 29.8 Å². The molecule has 2 aromatic carbocycles. The van der Waals surface area contributed by atoms with Crippen molar-refractivity contribution in [2.75, 3.05) is 11.9 Å². The van der Waals surface area contributed by atoms with E-state index in [0.29, 0.717) is 29.0 Å². The Balaban J connectivity index is 1.57. The van der Waals surface area contributed by atoms with Crippen LogP contribution in [0.3, 0.4) is 0 Å². The van der Waals surface area contributed by atoms with E-state index in [1.807, 2.05) is 45.0 Å². The number of anilines is 2. The standard InChI is InChI=1S/C26H27Cl2N5O2/c1-15(31-25(34)35-26(2,3)4)29-10-9-16-11-19(32-18-6-8-23(28)30-14-18)13-21-20-12-17(27)5-7-22(20)33-24(16)21/h5-8,11-14,29,32-33H,1,9-10H2,2-4H3,(H,31,34).